The van der Waals surface area contributed by atoms with Crippen LogP contribution in [0, 0.1) is 0 Å². The molecule has 8 N–H and O–H groups in total. The summed E-state index contributed by atoms with van der Waals surface area (Å²) >= 11 is 0. The smallest absolute Gasteiger partial charge is 0.326 e. The van der Waals surface area contributed by atoms with Crippen molar-refractivity contribution >= 4 is 40.5 Å². The molecule has 0 aliphatic carbocycles. The van der Waals surface area contributed by atoms with Crippen LogP contribution >= 0.6 is 0 Å². The average molecular weight is 717 g/mol. The third-order valence-corrected chi connectivity index (χ3v) is 8.93. The van der Waals surface area contributed by atoms with E-state index in [0.29, 0.717) is 5.56 Å². The van der Waals surface area contributed by atoms with E-state index in [1.807, 2.05) is 66.7 Å². The first-order valence-corrected chi connectivity index (χ1v) is 17.4. The van der Waals surface area contributed by atoms with Gasteiger partial charge in [-0.1, -0.05) is 109 Å². The quantitative estimate of drug-likeness (QED) is 0.0769. The molecule has 5 aromatic rings. The maximum absolute atomic E-state index is 14.2. The van der Waals surface area contributed by atoms with Crippen molar-refractivity contribution in [3.8, 4) is 0 Å². The number of nitrogens with two attached hydrogens (primary N) is 1. The number of amides is 4. The number of carboxylic acid groups (broad SMARTS) is 1. The van der Waals surface area contributed by atoms with Gasteiger partial charge < -0.3 is 37.1 Å². The van der Waals surface area contributed by atoms with Crippen molar-refractivity contribution < 1.29 is 29.1 Å². The number of aromatic amines is 1. The highest BCUT2D eigenvalue weighted by Gasteiger charge is 2.32. The lowest BCUT2D eigenvalue weighted by atomic mass is 10.0. The first kappa shape index (κ1) is 38.0. The standard InChI is InChI=1S/C41H44N6O6/c1-26(44-38(49)32(42)21-27-13-5-2-6-14-27)37(48)45-35(24-30-25-43-33-20-12-11-19-31(30)33)40(51)46-34(22-28-15-7-3-8-16-28)39(50)47-36(41(52)53)23-29-17-9-4-10-18-29/h2-20,25-26,32,34-36,43H,21-24,42H2,1H3,(H,44,49)(H,45,48)(H,46,51)(H,47,50)(H,52,53). The van der Waals surface area contributed by atoms with Crippen LogP contribution in [0.3, 0.4) is 0 Å². The molecule has 0 radical (unpaired) electrons. The van der Waals surface area contributed by atoms with Crippen molar-refractivity contribution in [1.29, 1.82) is 0 Å². The molecular weight excluding hydrogens is 672 g/mol. The fourth-order valence-corrected chi connectivity index (χ4v) is 6.03. The van der Waals surface area contributed by atoms with Crippen molar-refractivity contribution in [2.45, 2.75) is 62.8 Å². The largest absolute Gasteiger partial charge is 0.480 e. The fourth-order valence-electron chi connectivity index (χ4n) is 6.03. The zero-order chi connectivity index (χ0) is 37.7. The summed E-state index contributed by atoms with van der Waals surface area (Å²) in [4.78, 5) is 69.9. The molecule has 53 heavy (non-hydrogen) atoms. The number of H-pyrrole nitrogens is 1. The molecule has 0 spiro atoms. The highest BCUT2D eigenvalue weighted by Crippen LogP contribution is 2.19. The second-order valence-corrected chi connectivity index (χ2v) is 13.0. The number of para-hydroxylation sites is 1. The van der Waals surface area contributed by atoms with Gasteiger partial charge in [-0.15, -0.1) is 0 Å². The zero-order valence-electron chi connectivity index (χ0n) is 29.3. The van der Waals surface area contributed by atoms with Crippen LogP contribution in [0.25, 0.3) is 10.9 Å². The predicted molar refractivity (Wildman–Crippen MR) is 201 cm³/mol. The molecule has 0 saturated carbocycles. The number of fused-ring (bicyclic) bond motifs is 1. The molecule has 1 heterocycles. The lowest BCUT2D eigenvalue weighted by Gasteiger charge is -2.26. The zero-order valence-corrected chi connectivity index (χ0v) is 29.3. The monoisotopic (exact) mass is 716 g/mol. The highest BCUT2D eigenvalue weighted by molar-refractivity contribution is 5.96. The molecular formula is C41H44N6O6. The van der Waals surface area contributed by atoms with Crippen molar-refractivity contribution in [2.24, 2.45) is 5.73 Å². The number of aliphatic carboxylic acids is 1. The van der Waals surface area contributed by atoms with Gasteiger partial charge in [0.15, 0.2) is 0 Å². The first-order chi connectivity index (χ1) is 25.6. The number of aromatic nitrogens is 1. The van der Waals surface area contributed by atoms with E-state index >= 15 is 0 Å². The fraction of sp³-hybridized carbons (Fsp3) is 0.244. The van der Waals surface area contributed by atoms with Gasteiger partial charge in [0.25, 0.3) is 0 Å². The van der Waals surface area contributed by atoms with Gasteiger partial charge in [0.1, 0.15) is 24.2 Å². The van der Waals surface area contributed by atoms with E-state index in [9.17, 15) is 29.1 Å². The topological polar surface area (TPSA) is 196 Å². The van der Waals surface area contributed by atoms with Crippen LogP contribution in [0.1, 0.15) is 29.2 Å². The first-order valence-electron chi connectivity index (χ1n) is 17.4. The Bertz CT molecular complexity index is 2000. The molecule has 4 amide bonds. The maximum Gasteiger partial charge on any atom is 0.326 e. The van der Waals surface area contributed by atoms with Crippen molar-refractivity contribution in [1.82, 2.24) is 26.3 Å². The summed E-state index contributed by atoms with van der Waals surface area (Å²) in [5, 5.41) is 21.6. The van der Waals surface area contributed by atoms with Crippen LogP contribution in [0.15, 0.2) is 121 Å². The molecule has 1 aromatic heterocycles. The van der Waals surface area contributed by atoms with Crippen LogP contribution in [-0.4, -0.2) is 69.9 Å². The number of hydrogen-bond acceptors (Lipinski definition) is 6. The Kier molecular flexibility index (Phi) is 13.1. The third kappa shape index (κ3) is 10.9. The van der Waals surface area contributed by atoms with Gasteiger partial charge in [0.05, 0.1) is 6.04 Å². The van der Waals surface area contributed by atoms with E-state index in [1.54, 1.807) is 54.7 Å². The second-order valence-electron chi connectivity index (χ2n) is 13.0. The summed E-state index contributed by atoms with van der Waals surface area (Å²) in [6, 6.07) is 29.1. The molecule has 4 aromatic carbocycles. The molecule has 5 atom stereocenters. The minimum atomic E-state index is -1.26. The number of benzene rings is 4. The van der Waals surface area contributed by atoms with Gasteiger partial charge in [-0.05, 0) is 41.7 Å². The maximum atomic E-state index is 14.2. The van der Waals surface area contributed by atoms with Gasteiger partial charge in [0, 0.05) is 36.4 Å². The van der Waals surface area contributed by atoms with Crippen LogP contribution < -0.4 is 27.0 Å². The van der Waals surface area contributed by atoms with E-state index in [1.165, 1.54) is 6.92 Å². The number of carbonyl (C=O) groups is 5. The summed E-state index contributed by atoms with van der Waals surface area (Å²) in [5.41, 5.74) is 10.0. The Morgan fingerprint density at radius 1 is 0.566 bits per heavy atom. The predicted octanol–water partition coefficient (Wildman–Crippen LogP) is 2.81. The number of hydrogen-bond donors (Lipinski definition) is 7. The van der Waals surface area contributed by atoms with Crippen LogP contribution in [-0.2, 0) is 49.7 Å². The highest BCUT2D eigenvalue weighted by atomic mass is 16.4. The van der Waals surface area contributed by atoms with Crippen molar-refractivity contribution in [3.05, 3.63) is 144 Å². The molecule has 0 saturated heterocycles. The van der Waals surface area contributed by atoms with Gasteiger partial charge in [-0.3, -0.25) is 19.2 Å². The Labute approximate surface area is 307 Å². The Balaban J connectivity index is 1.35. The minimum absolute atomic E-state index is 0.0335. The van der Waals surface area contributed by atoms with E-state index < -0.39 is 59.8 Å². The van der Waals surface area contributed by atoms with Crippen molar-refractivity contribution in [3.63, 3.8) is 0 Å². The van der Waals surface area contributed by atoms with E-state index in [2.05, 4.69) is 26.3 Å². The average Bonchev–Trinajstić information content (AvgIpc) is 3.57. The van der Waals surface area contributed by atoms with Crippen LogP contribution in [0.2, 0.25) is 0 Å². The third-order valence-electron chi connectivity index (χ3n) is 8.93. The summed E-state index contributed by atoms with van der Waals surface area (Å²) in [6.45, 7) is 1.49. The molecule has 12 nitrogen and oxygen atoms in total. The molecule has 5 unspecified atom stereocenters. The van der Waals surface area contributed by atoms with Crippen LogP contribution in [0.4, 0.5) is 0 Å². The van der Waals surface area contributed by atoms with Gasteiger partial charge in [0.2, 0.25) is 23.6 Å². The second kappa shape index (κ2) is 18.3. The van der Waals surface area contributed by atoms with Gasteiger partial charge in [-0.25, -0.2) is 4.79 Å². The molecule has 0 bridgehead atoms. The number of nitrogens with one attached hydrogen (secondary N) is 5. The molecule has 12 heteroatoms. The lowest BCUT2D eigenvalue weighted by molar-refractivity contribution is -0.142. The van der Waals surface area contributed by atoms with E-state index in [0.717, 1.165) is 27.6 Å². The molecule has 0 fully saturated rings. The van der Waals surface area contributed by atoms with E-state index in [-0.39, 0.29) is 25.7 Å². The summed E-state index contributed by atoms with van der Waals surface area (Å²) < 4.78 is 0. The lowest BCUT2D eigenvalue weighted by Crippen LogP contribution is -2.59. The van der Waals surface area contributed by atoms with E-state index in [4.69, 9.17) is 5.73 Å². The number of carbonyl (C=O) groups excluding carboxylic acids is 4. The number of carboxylic acids is 1. The molecule has 0 aliphatic rings. The Hall–Kier alpha value is -6.27. The van der Waals surface area contributed by atoms with Gasteiger partial charge >= 0.3 is 5.97 Å². The number of rotatable bonds is 17. The van der Waals surface area contributed by atoms with Crippen molar-refractivity contribution in [2.75, 3.05) is 0 Å². The Morgan fingerprint density at radius 3 is 1.58 bits per heavy atom. The minimum Gasteiger partial charge on any atom is -0.480 e. The molecule has 0 aliphatic heterocycles. The summed E-state index contributed by atoms with van der Waals surface area (Å²) in [7, 11) is 0. The Morgan fingerprint density at radius 2 is 1.02 bits per heavy atom. The molecule has 5 rings (SSSR count). The SMILES string of the molecule is CC(NC(=O)C(N)Cc1ccccc1)C(=O)NC(Cc1c[nH]c2ccccc12)C(=O)NC(Cc1ccccc1)C(=O)NC(Cc1ccccc1)C(=O)O. The van der Waals surface area contributed by atoms with Crippen LogP contribution in [0.5, 0.6) is 0 Å². The summed E-state index contributed by atoms with van der Waals surface area (Å²) in [5.74, 6) is -3.76. The normalized spacial score (nSPS) is 13.8. The summed E-state index contributed by atoms with van der Waals surface area (Å²) in [6.07, 6.45) is 2.15. The van der Waals surface area contributed by atoms with Gasteiger partial charge in [-0.2, -0.15) is 0 Å². The molecule has 274 valence electrons.